The number of benzene rings is 1. The Morgan fingerprint density at radius 1 is 1.20 bits per heavy atom. The van der Waals surface area contributed by atoms with Crippen molar-refractivity contribution in [2.24, 2.45) is 7.05 Å². The molecule has 0 unspecified atom stereocenters. The summed E-state index contributed by atoms with van der Waals surface area (Å²) in [6.45, 7) is 4.02. The van der Waals surface area contributed by atoms with Gasteiger partial charge in [0.15, 0.2) is 5.58 Å². The van der Waals surface area contributed by atoms with Gasteiger partial charge in [-0.25, -0.2) is 4.68 Å². The van der Waals surface area contributed by atoms with Gasteiger partial charge in [0.2, 0.25) is 0 Å². The number of rotatable bonds is 3. The van der Waals surface area contributed by atoms with Gasteiger partial charge in [0.1, 0.15) is 10.7 Å². The Bertz CT molecular complexity index is 959. The number of para-hydroxylation sites is 1. The SMILES string of the molecule is Cn1ncc(N2CCN(Cc3noc4ccccc34)CC2)c(Cl)c1=O. The first kappa shape index (κ1) is 16.1. The van der Waals surface area contributed by atoms with E-state index in [1.807, 2.05) is 24.3 Å². The Morgan fingerprint density at radius 3 is 2.76 bits per heavy atom. The molecular weight excluding hydrogens is 342 g/mol. The summed E-state index contributed by atoms with van der Waals surface area (Å²) in [5, 5.41) is 9.56. The van der Waals surface area contributed by atoms with E-state index in [9.17, 15) is 4.79 Å². The Labute approximate surface area is 149 Å². The summed E-state index contributed by atoms with van der Waals surface area (Å²) in [7, 11) is 1.60. The lowest BCUT2D eigenvalue weighted by Crippen LogP contribution is -2.46. The zero-order chi connectivity index (χ0) is 17.4. The van der Waals surface area contributed by atoms with Gasteiger partial charge in [-0.05, 0) is 12.1 Å². The molecule has 0 amide bonds. The highest BCUT2D eigenvalue weighted by atomic mass is 35.5. The van der Waals surface area contributed by atoms with Crippen LogP contribution in [0.3, 0.4) is 0 Å². The normalized spacial score (nSPS) is 15.8. The van der Waals surface area contributed by atoms with Gasteiger partial charge in [-0.15, -0.1) is 0 Å². The van der Waals surface area contributed by atoms with Crippen LogP contribution in [0.25, 0.3) is 11.0 Å². The fraction of sp³-hybridized carbons (Fsp3) is 0.353. The number of halogens is 1. The quantitative estimate of drug-likeness (QED) is 0.711. The van der Waals surface area contributed by atoms with E-state index >= 15 is 0 Å². The van der Waals surface area contributed by atoms with Crippen LogP contribution in [0.4, 0.5) is 5.69 Å². The van der Waals surface area contributed by atoms with E-state index < -0.39 is 0 Å². The molecule has 1 saturated heterocycles. The number of piperazine rings is 1. The number of anilines is 1. The Balaban J connectivity index is 1.45. The predicted octanol–water partition coefficient (Wildman–Crippen LogP) is 1.90. The molecule has 0 N–H and O–H groups in total. The minimum absolute atomic E-state index is 0.230. The van der Waals surface area contributed by atoms with E-state index in [2.05, 4.69) is 20.1 Å². The number of aromatic nitrogens is 3. The van der Waals surface area contributed by atoms with E-state index in [0.29, 0.717) is 5.69 Å². The highest BCUT2D eigenvalue weighted by molar-refractivity contribution is 6.33. The van der Waals surface area contributed by atoms with Crippen LogP contribution in [0, 0.1) is 0 Å². The molecule has 0 spiro atoms. The van der Waals surface area contributed by atoms with Gasteiger partial charge in [0, 0.05) is 45.2 Å². The topological polar surface area (TPSA) is 67.4 Å². The average Bonchev–Trinajstić information content (AvgIpc) is 3.04. The zero-order valence-corrected chi connectivity index (χ0v) is 14.6. The minimum atomic E-state index is -0.268. The summed E-state index contributed by atoms with van der Waals surface area (Å²) in [4.78, 5) is 16.4. The maximum Gasteiger partial charge on any atom is 0.287 e. The Hall–Kier alpha value is -2.38. The van der Waals surface area contributed by atoms with Crippen molar-refractivity contribution < 1.29 is 4.52 Å². The molecule has 4 rings (SSSR count). The largest absolute Gasteiger partial charge is 0.366 e. The summed E-state index contributed by atoms with van der Waals surface area (Å²) >= 11 is 6.20. The monoisotopic (exact) mass is 359 g/mol. The summed E-state index contributed by atoms with van der Waals surface area (Å²) in [5.74, 6) is 0. The van der Waals surface area contributed by atoms with Crippen LogP contribution in [0.15, 0.2) is 39.8 Å². The molecule has 0 aliphatic carbocycles. The standard InChI is InChI=1S/C17H18ClN5O2/c1-21-17(24)16(18)14(10-19-21)23-8-6-22(7-9-23)11-13-12-4-2-3-5-15(12)25-20-13/h2-5,10H,6-9,11H2,1H3. The van der Waals surface area contributed by atoms with Gasteiger partial charge in [-0.2, -0.15) is 5.10 Å². The molecule has 1 aliphatic heterocycles. The first-order valence-electron chi connectivity index (χ1n) is 8.16. The summed E-state index contributed by atoms with van der Waals surface area (Å²) in [5.41, 5.74) is 2.21. The lowest BCUT2D eigenvalue weighted by Gasteiger charge is -2.35. The first-order valence-corrected chi connectivity index (χ1v) is 8.53. The van der Waals surface area contributed by atoms with E-state index in [0.717, 1.165) is 49.4 Å². The van der Waals surface area contributed by atoms with E-state index in [-0.39, 0.29) is 10.6 Å². The second-order valence-corrected chi connectivity index (χ2v) is 6.54. The molecule has 8 heteroatoms. The number of aryl methyl sites for hydroxylation is 1. The third-order valence-electron chi connectivity index (χ3n) is 4.60. The highest BCUT2D eigenvalue weighted by Gasteiger charge is 2.22. The van der Waals surface area contributed by atoms with Crippen molar-refractivity contribution >= 4 is 28.3 Å². The maximum atomic E-state index is 11.9. The molecule has 3 heterocycles. The van der Waals surface area contributed by atoms with E-state index in [4.69, 9.17) is 16.1 Å². The van der Waals surface area contributed by atoms with Crippen molar-refractivity contribution in [2.75, 3.05) is 31.1 Å². The van der Waals surface area contributed by atoms with Crippen molar-refractivity contribution in [3.05, 3.63) is 51.5 Å². The van der Waals surface area contributed by atoms with E-state index in [1.54, 1.807) is 13.2 Å². The molecule has 0 bridgehead atoms. The molecule has 0 radical (unpaired) electrons. The van der Waals surface area contributed by atoms with Crippen molar-refractivity contribution in [3.8, 4) is 0 Å². The average molecular weight is 360 g/mol. The first-order chi connectivity index (χ1) is 12.1. The van der Waals surface area contributed by atoms with Gasteiger partial charge in [-0.1, -0.05) is 28.9 Å². The number of hydrogen-bond donors (Lipinski definition) is 0. The molecule has 130 valence electrons. The molecule has 1 aromatic carbocycles. The summed E-state index contributed by atoms with van der Waals surface area (Å²) in [6.07, 6.45) is 1.66. The second kappa shape index (κ2) is 6.50. The Kier molecular flexibility index (Phi) is 4.19. The molecule has 25 heavy (non-hydrogen) atoms. The fourth-order valence-electron chi connectivity index (χ4n) is 3.13. The van der Waals surface area contributed by atoms with Crippen molar-refractivity contribution in [3.63, 3.8) is 0 Å². The smallest absolute Gasteiger partial charge is 0.287 e. The van der Waals surface area contributed by atoms with Crippen molar-refractivity contribution in [2.45, 2.75) is 6.54 Å². The zero-order valence-electron chi connectivity index (χ0n) is 13.9. The second-order valence-electron chi connectivity index (χ2n) is 6.16. The fourth-order valence-corrected chi connectivity index (χ4v) is 3.42. The van der Waals surface area contributed by atoms with Gasteiger partial charge in [-0.3, -0.25) is 9.69 Å². The molecule has 2 aromatic heterocycles. The lowest BCUT2D eigenvalue weighted by atomic mass is 10.2. The van der Waals surface area contributed by atoms with Crippen LogP contribution in [-0.2, 0) is 13.6 Å². The van der Waals surface area contributed by atoms with Gasteiger partial charge in [0.05, 0.1) is 11.9 Å². The molecule has 3 aromatic rings. The van der Waals surface area contributed by atoms with Crippen LogP contribution >= 0.6 is 11.6 Å². The minimum Gasteiger partial charge on any atom is -0.366 e. The molecule has 0 saturated carbocycles. The predicted molar refractivity (Wildman–Crippen MR) is 96.0 cm³/mol. The van der Waals surface area contributed by atoms with Crippen LogP contribution < -0.4 is 10.5 Å². The number of fused-ring (bicyclic) bond motifs is 1. The summed E-state index contributed by atoms with van der Waals surface area (Å²) in [6, 6.07) is 7.89. The molecule has 0 atom stereocenters. The molecule has 7 nitrogen and oxygen atoms in total. The Morgan fingerprint density at radius 2 is 1.96 bits per heavy atom. The highest BCUT2D eigenvalue weighted by Crippen LogP contribution is 2.24. The van der Waals surface area contributed by atoms with Gasteiger partial charge >= 0.3 is 0 Å². The van der Waals surface area contributed by atoms with Gasteiger partial charge in [0.25, 0.3) is 5.56 Å². The van der Waals surface area contributed by atoms with Crippen molar-refractivity contribution in [1.82, 2.24) is 19.8 Å². The third-order valence-corrected chi connectivity index (χ3v) is 4.95. The van der Waals surface area contributed by atoms with Crippen molar-refractivity contribution in [1.29, 1.82) is 0 Å². The molecular formula is C17H18ClN5O2. The molecule has 1 aliphatic rings. The number of hydrogen-bond acceptors (Lipinski definition) is 6. The third kappa shape index (κ3) is 3.01. The lowest BCUT2D eigenvalue weighted by molar-refractivity contribution is 0.243. The number of nitrogens with zero attached hydrogens (tertiary/aromatic N) is 5. The summed E-state index contributed by atoms with van der Waals surface area (Å²) < 4.78 is 6.62. The maximum absolute atomic E-state index is 11.9. The molecule has 1 fully saturated rings. The van der Waals surface area contributed by atoms with Crippen LogP contribution in [-0.4, -0.2) is 46.0 Å². The van der Waals surface area contributed by atoms with Crippen LogP contribution in [0.2, 0.25) is 5.02 Å². The van der Waals surface area contributed by atoms with Gasteiger partial charge < -0.3 is 9.42 Å². The van der Waals surface area contributed by atoms with Crippen LogP contribution in [0.1, 0.15) is 5.69 Å². The van der Waals surface area contributed by atoms with Crippen LogP contribution in [0.5, 0.6) is 0 Å². The van der Waals surface area contributed by atoms with E-state index in [1.165, 1.54) is 4.68 Å².